The highest BCUT2D eigenvalue weighted by molar-refractivity contribution is 6.12. The summed E-state index contributed by atoms with van der Waals surface area (Å²) in [6.45, 7) is 1.84. The third-order valence-electron chi connectivity index (χ3n) is 2.98. The second kappa shape index (κ2) is 4.30. The summed E-state index contributed by atoms with van der Waals surface area (Å²) in [5.41, 5.74) is 0.538. The van der Waals surface area contributed by atoms with E-state index in [0.717, 1.165) is 0 Å². The number of fused-ring (bicyclic) bond motifs is 1. The molecule has 0 fully saturated rings. The van der Waals surface area contributed by atoms with Crippen LogP contribution in [0.1, 0.15) is 17.3 Å². The number of Topliss-reactive ketones (excluding diaryl/α,β-unsaturated/α-hetero) is 1. The normalized spacial score (nSPS) is 23.2. The van der Waals surface area contributed by atoms with Crippen molar-refractivity contribution in [1.82, 2.24) is 4.90 Å². The number of benzene rings is 1. The molecular formula is C12H16BNO4. The number of rotatable bonds is 3. The summed E-state index contributed by atoms with van der Waals surface area (Å²) < 4.78 is 10.3. The molecule has 1 N–H and O–H groups in total. The van der Waals surface area contributed by atoms with Gasteiger partial charge < -0.3 is 14.6 Å². The number of hydrogen-bond donors (Lipinski definition) is 1. The quantitative estimate of drug-likeness (QED) is 0.595. The average molecular weight is 249 g/mol. The zero-order valence-corrected chi connectivity index (χ0v) is 10.9. The van der Waals surface area contributed by atoms with Crippen molar-refractivity contribution in [2.75, 3.05) is 14.1 Å². The van der Waals surface area contributed by atoms with Gasteiger partial charge in [0.2, 0.25) is 0 Å². The van der Waals surface area contributed by atoms with Crippen LogP contribution in [-0.2, 0) is 0 Å². The number of hydrogen-bond acceptors (Lipinski definition) is 5. The summed E-state index contributed by atoms with van der Waals surface area (Å²) in [5, 5.41) is 9.61. The van der Waals surface area contributed by atoms with E-state index in [1.807, 2.05) is 25.9 Å². The van der Waals surface area contributed by atoms with Crippen LogP contribution >= 0.6 is 0 Å². The Hall–Kier alpha value is -1.53. The highest BCUT2D eigenvalue weighted by atomic mass is 16.8. The lowest BCUT2D eigenvalue weighted by Crippen LogP contribution is -2.38. The molecule has 0 bridgehead atoms. The molecule has 6 heteroatoms. The zero-order valence-electron chi connectivity index (χ0n) is 10.9. The van der Waals surface area contributed by atoms with E-state index in [-0.39, 0.29) is 11.8 Å². The van der Waals surface area contributed by atoms with Crippen LogP contribution in [0.25, 0.3) is 0 Å². The monoisotopic (exact) mass is 249 g/mol. The van der Waals surface area contributed by atoms with E-state index in [4.69, 9.17) is 9.47 Å². The van der Waals surface area contributed by atoms with Crippen LogP contribution in [0.4, 0.5) is 0 Å². The fourth-order valence-corrected chi connectivity index (χ4v) is 1.73. The maximum absolute atomic E-state index is 12.1. The van der Waals surface area contributed by atoms with Gasteiger partial charge in [0, 0.05) is 5.56 Å². The molecule has 1 aromatic rings. The van der Waals surface area contributed by atoms with Crippen LogP contribution in [-0.4, -0.2) is 49.6 Å². The number of carbonyl (C=O) groups excluding carboxylic acids is 1. The van der Waals surface area contributed by atoms with Gasteiger partial charge in [-0.2, -0.15) is 0 Å². The highest BCUT2D eigenvalue weighted by Crippen LogP contribution is 2.37. The minimum Gasteiger partial charge on any atom is -0.435 e. The molecule has 1 aliphatic rings. The van der Waals surface area contributed by atoms with Crippen LogP contribution in [0, 0.1) is 0 Å². The molecule has 0 aliphatic carbocycles. The third-order valence-corrected chi connectivity index (χ3v) is 2.98. The zero-order chi connectivity index (χ0) is 13.5. The van der Waals surface area contributed by atoms with Crippen LogP contribution in [0.15, 0.2) is 18.2 Å². The average Bonchev–Trinajstić information content (AvgIpc) is 2.59. The number of aliphatic hydroxyl groups is 1. The van der Waals surface area contributed by atoms with Gasteiger partial charge in [0.25, 0.3) is 7.85 Å². The molecule has 0 amide bonds. The Morgan fingerprint density at radius 3 is 2.61 bits per heavy atom. The number of ketones is 1. The van der Waals surface area contributed by atoms with Gasteiger partial charge in [0.15, 0.2) is 17.3 Å². The third kappa shape index (κ3) is 2.35. The predicted molar refractivity (Wildman–Crippen MR) is 68.7 cm³/mol. The molecule has 2 atom stereocenters. The molecule has 1 heterocycles. The second-order valence-electron chi connectivity index (χ2n) is 4.77. The molecule has 1 aliphatic heterocycles. The fraction of sp³-hybridized carbons (Fsp3) is 0.417. The van der Waals surface area contributed by atoms with Crippen LogP contribution in [0.3, 0.4) is 0 Å². The first kappa shape index (κ1) is 12.9. The van der Waals surface area contributed by atoms with Gasteiger partial charge in [-0.25, -0.2) is 0 Å². The highest BCUT2D eigenvalue weighted by Gasteiger charge is 2.34. The lowest BCUT2D eigenvalue weighted by atomic mass is 10.0. The van der Waals surface area contributed by atoms with E-state index < -0.39 is 5.87 Å². The Kier molecular flexibility index (Phi) is 3.08. The van der Waals surface area contributed by atoms with Crippen molar-refractivity contribution < 1.29 is 19.4 Å². The second-order valence-corrected chi connectivity index (χ2v) is 4.77. The summed E-state index contributed by atoms with van der Waals surface area (Å²) in [6, 6.07) is 4.68. The van der Waals surface area contributed by atoms with Gasteiger partial charge >= 0.3 is 5.87 Å². The molecule has 2 rings (SSSR count). The van der Waals surface area contributed by atoms with Gasteiger partial charge in [-0.1, -0.05) is 0 Å². The smallest absolute Gasteiger partial charge is 0.310 e. The van der Waals surface area contributed by atoms with Crippen molar-refractivity contribution in [1.29, 1.82) is 0 Å². The Morgan fingerprint density at radius 1 is 1.39 bits per heavy atom. The van der Waals surface area contributed by atoms with Crippen molar-refractivity contribution in [3.63, 3.8) is 0 Å². The van der Waals surface area contributed by atoms with E-state index in [9.17, 15) is 9.90 Å². The molecule has 5 nitrogen and oxygen atoms in total. The minimum absolute atomic E-state index is 0.00190. The molecule has 0 radical (unpaired) electrons. The Bertz CT molecular complexity index is 487. The van der Waals surface area contributed by atoms with Crippen molar-refractivity contribution in [2.24, 2.45) is 0 Å². The molecule has 1 aromatic carbocycles. The van der Waals surface area contributed by atoms with E-state index in [0.29, 0.717) is 17.1 Å². The Labute approximate surface area is 107 Å². The van der Waals surface area contributed by atoms with Gasteiger partial charge in [0.1, 0.15) is 0 Å². The van der Waals surface area contributed by atoms with Crippen molar-refractivity contribution in [3.8, 4) is 11.5 Å². The van der Waals surface area contributed by atoms with E-state index >= 15 is 0 Å². The lowest BCUT2D eigenvalue weighted by molar-refractivity contribution is -0.178. The molecule has 96 valence electrons. The molecule has 0 saturated carbocycles. The molecule has 0 aromatic heterocycles. The largest absolute Gasteiger partial charge is 0.435 e. The molecular weight excluding hydrogens is 233 g/mol. The van der Waals surface area contributed by atoms with E-state index in [1.165, 1.54) is 7.85 Å². The predicted octanol–water partition coefficient (Wildman–Crippen LogP) is -0.173. The van der Waals surface area contributed by atoms with Crippen LogP contribution in [0.2, 0.25) is 0 Å². The van der Waals surface area contributed by atoms with E-state index in [1.54, 1.807) is 18.2 Å². The van der Waals surface area contributed by atoms with Crippen molar-refractivity contribution >= 4 is 13.6 Å². The van der Waals surface area contributed by atoms with E-state index in [2.05, 4.69) is 0 Å². The first-order valence-electron chi connectivity index (χ1n) is 5.75. The van der Waals surface area contributed by atoms with Crippen molar-refractivity contribution in [2.45, 2.75) is 18.8 Å². The molecule has 0 spiro atoms. The maximum atomic E-state index is 12.1. The van der Waals surface area contributed by atoms with Gasteiger partial charge in [-0.3, -0.25) is 9.69 Å². The summed E-state index contributed by atoms with van der Waals surface area (Å²) in [7, 11) is 5.09. The standard InChI is InChI=1S/C12H16BNO4/c1-7(14(2)3)11(15)8-4-5-9-10(6-8)18-12(13,16)17-9/h4-7,16H,13H2,1-3H3. The van der Waals surface area contributed by atoms with Crippen LogP contribution in [0.5, 0.6) is 11.5 Å². The number of ether oxygens (including phenoxy) is 2. The minimum atomic E-state index is -1.66. The lowest BCUT2D eigenvalue weighted by Gasteiger charge is -2.18. The SMILES string of the molecule is BC1(O)Oc2ccc(C(=O)C(C)N(C)C)cc2O1. The van der Waals surface area contributed by atoms with Crippen LogP contribution < -0.4 is 9.47 Å². The topological polar surface area (TPSA) is 59.0 Å². The first-order valence-corrected chi connectivity index (χ1v) is 5.75. The van der Waals surface area contributed by atoms with Gasteiger partial charge in [-0.05, 0) is 39.2 Å². The molecule has 0 saturated heterocycles. The summed E-state index contributed by atoms with van der Waals surface area (Å²) in [5.74, 6) is -0.833. The summed E-state index contributed by atoms with van der Waals surface area (Å²) in [6.07, 6.45) is 0. The van der Waals surface area contributed by atoms with Gasteiger partial charge in [-0.15, -0.1) is 0 Å². The van der Waals surface area contributed by atoms with Gasteiger partial charge in [0.05, 0.1) is 6.04 Å². The number of carbonyl (C=O) groups is 1. The Morgan fingerprint density at radius 2 is 2.00 bits per heavy atom. The molecule has 2 unspecified atom stereocenters. The summed E-state index contributed by atoms with van der Waals surface area (Å²) >= 11 is 0. The molecule has 18 heavy (non-hydrogen) atoms. The summed E-state index contributed by atoms with van der Waals surface area (Å²) in [4.78, 5) is 14.0. The maximum Gasteiger partial charge on any atom is 0.310 e. The number of nitrogens with zero attached hydrogens (tertiary/aromatic N) is 1. The fourth-order valence-electron chi connectivity index (χ4n) is 1.73. The number of likely N-dealkylation sites (N-methyl/N-ethyl adjacent to an activating group) is 1. The first-order chi connectivity index (χ1) is 8.30. The van der Waals surface area contributed by atoms with Crippen molar-refractivity contribution in [3.05, 3.63) is 23.8 Å². The Balaban J connectivity index is 2.26.